The molecule has 2 amide bonds. The number of nitriles is 1. The summed E-state index contributed by atoms with van der Waals surface area (Å²) in [6.45, 7) is 6.49. The fraction of sp³-hybridized carbons (Fsp3) is 0.355. The predicted octanol–water partition coefficient (Wildman–Crippen LogP) is 4.66. The number of nitrogens with zero attached hydrogens (tertiary/aromatic N) is 5. The number of aryl methyl sites for hydroxylation is 2. The van der Waals surface area contributed by atoms with Gasteiger partial charge in [-0.3, -0.25) is 14.5 Å². The fourth-order valence-corrected chi connectivity index (χ4v) is 5.67. The van der Waals surface area contributed by atoms with Crippen molar-refractivity contribution in [2.24, 2.45) is 5.92 Å². The third kappa shape index (κ3) is 5.63. The number of hydrogen-bond donors (Lipinski definition) is 0. The zero-order valence-corrected chi connectivity index (χ0v) is 22.4. The van der Waals surface area contributed by atoms with Crippen LogP contribution in [0.15, 0.2) is 54.7 Å². The molecule has 0 spiro atoms. The Morgan fingerprint density at radius 2 is 1.82 bits per heavy atom. The van der Waals surface area contributed by atoms with E-state index in [1.807, 2.05) is 37.3 Å². The second-order valence-corrected chi connectivity index (χ2v) is 10.5. The summed E-state index contributed by atoms with van der Waals surface area (Å²) < 4.78 is 13.2. The highest BCUT2D eigenvalue weighted by Gasteiger charge is 2.30. The van der Waals surface area contributed by atoms with Crippen molar-refractivity contribution in [1.29, 1.82) is 5.26 Å². The molecule has 8 heteroatoms. The van der Waals surface area contributed by atoms with Gasteiger partial charge in [0.15, 0.2) is 0 Å². The molecular weight excluding hydrogens is 493 g/mol. The highest BCUT2D eigenvalue weighted by atomic mass is 19.1. The third-order valence-electron chi connectivity index (χ3n) is 7.90. The van der Waals surface area contributed by atoms with Crippen LogP contribution in [0.25, 0.3) is 0 Å². The zero-order valence-electron chi connectivity index (χ0n) is 22.4. The molecule has 1 aromatic heterocycles. The number of halogens is 1. The molecule has 5 rings (SSSR count). The maximum Gasteiger partial charge on any atom is 0.254 e. The summed E-state index contributed by atoms with van der Waals surface area (Å²) in [4.78, 5) is 35.8. The Bertz CT molecular complexity index is 1420. The third-order valence-corrected chi connectivity index (χ3v) is 7.90. The first-order valence-electron chi connectivity index (χ1n) is 13.4. The number of benzene rings is 2. The molecule has 0 saturated carbocycles. The number of anilines is 2. The van der Waals surface area contributed by atoms with Gasteiger partial charge in [0.1, 0.15) is 24.2 Å². The lowest BCUT2D eigenvalue weighted by molar-refractivity contribution is -0.120. The average molecular weight is 526 g/mol. The summed E-state index contributed by atoms with van der Waals surface area (Å²) in [6.07, 6.45) is 4.02. The zero-order chi connectivity index (χ0) is 27.5. The minimum atomic E-state index is -0.458. The second-order valence-electron chi connectivity index (χ2n) is 10.5. The second kappa shape index (κ2) is 11.2. The first kappa shape index (κ1) is 26.4. The van der Waals surface area contributed by atoms with Gasteiger partial charge in [0.25, 0.3) is 5.91 Å². The van der Waals surface area contributed by atoms with E-state index in [0.717, 1.165) is 49.8 Å². The standard InChI is InChI=1S/C31H32FN5O2/c1-21-15-22(2)27(31(39)36-13-14-37(30(38)20-36)29-8-7-26(32)19-34-29)17-25(21)16-23-9-11-35(12-10-23)28-6-4-3-5-24(28)18-33/h3-8,15,17,19,23H,9-14,16,20H2,1-2H3. The van der Waals surface area contributed by atoms with Gasteiger partial charge in [-0.25, -0.2) is 9.37 Å². The normalized spacial score (nSPS) is 16.4. The highest BCUT2D eigenvalue weighted by Crippen LogP contribution is 2.30. The molecule has 3 heterocycles. The van der Waals surface area contributed by atoms with E-state index in [1.54, 1.807) is 4.90 Å². The van der Waals surface area contributed by atoms with Crippen molar-refractivity contribution in [3.63, 3.8) is 0 Å². The Morgan fingerprint density at radius 1 is 1.05 bits per heavy atom. The molecule has 0 aliphatic carbocycles. The minimum absolute atomic E-state index is 0.0385. The van der Waals surface area contributed by atoms with Crippen molar-refractivity contribution in [3.8, 4) is 6.07 Å². The number of carbonyl (C=O) groups is 2. The van der Waals surface area contributed by atoms with E-state index < -0.39 is 5.82 Å². The van der Waals surface area contributed by atoms with Crippen molar-refractivity contribution in [3.05, 3.63) is 88.4 Å². The first-order valence-corrected chi connectivity index (χ1v) is 13.4. The molecule has 2 aromatic carbocycles. The Morgan fingerprint density at radius 3 is 2.51 bits per heavy atom. The number of rotatable bonds is 5. The van der Waals surface area contributed by atoms with Crippen molar-refractivity contribution >= 4 is 23.3 Å². The Labute approximate surface area is 228 Å². The van der Waals surface area contributed by atoms with Crippen molar-refractivity contribution in [2.75, 3.05) is 42.5 Å². The number of carbonyl (C=O) groups excluding carboxylic acids is 2. The van der Waals surface area contributed by atoms with Gasteiger partial charge in [0.05, 0.1) is 17.4 Å². The van der Waals surface area contributed by atoms with E-state index in [9.17, 15) is 19.2 Å². The van der Waals surface area contributed by atoms with Crippen LogP contribution >= 0.6 is 0 Å². The molecule has 2 fully saturated rings. The number of pyridine rings is 1. The van der Waals surface area contributed by atoms with E-state index >= 15 is 0 Å². The minimum Gasteiger partial charge on any atom is -0.370 e. The summed E-state index contributed by atoms with van der Waals surface area (Å²) >= 11 is 0. The fourth-order valence-electron chi connectivity index (χ4n) is 5.67. The number of piperazine rings is 1. The van der Waals surface area contributed by atoms with Crippen LogP contribution in [0.5, 0.6) is 0 Å². The van der Waals surface area contributed by atoms with Crippen LogP contribution in [0.1, 0.15) is 45.5 Å². The van der Waals surface area contributed by atoms with Gasteiger partial charge < -0.3 is 9.80 Å². The van der Waals surface area contributed by atoms with Gasteiger partial charge in [-0.05, 0) is 86.1 Å². The van der Waals surface area contributed by atoms with Crippen LogP contribution in [-0.4, -0.2) is 54.4 Å². The summed E-state index contributed by atoms with van der Waals surface area (Å²) in [5.74, 6) is 0.0540. The summed E-state index contributed by atoms with van der Waals surface area (Å²) in [5, 5.41) is 9.46. The highest BCUT2D eigenvalue weighted by molar-refractivity contribution is 6.02. The van der Waals surface area contributed by atoms with Crippen LogP contribution < -0.4 is 9.80 Å². The van der Waals surface area contributed by atoms with E-state index in [1.165, 1.54) is 28.2 Å². The van der Waals surface area contributed by atoms with Crippen molar-refractivity contribution in [2.45, 2.75) is 33.1 Å². The van der Waals surface area contributed by atoms with E-state index in [4.69, 9.17) is 0 Å². The largest absolute Gasteiger partial charge is 0.370 e. The number of para-hydroxylation sites is 1. The molecule has 2 aliphatic heterocycles. The summed E-state index contributed by atoms with van der Waals surface area (Å²) in [7, 11) is 0. The van der Waals surface area contributed by atoms with E-state index in [0.29, 0.717) is 36.0 Å². The van der Waals surface area contributed by atoms with E-state index in [-0.39, 0.29) is 18.4 Å². The quantitative estimate of drug-likeness (QED) is 0.484. The summed E-state index contributed by atoms with van der Waals surface area (Å²) in [5.41, 5.74) is 5.59. The molecule has 0 radical (unpaired) electrons. The average Bonchev–Trinajstić information content (AvgIpc) is 2.95. The lowest BCUT2D eigenvalue weighted by atomic mass is 9.86. The topological polar surface area (TPSA) is 80.5 Å². The van der Waals surface area contributed by atoms with Gasteiger partial charge in [-0.2, -0.15) is 5.26 Å². The van der Waals surface area contributed by atoms with Gasteiger partial charge in [-0.1, -0.05) is 18.2 Å². The van der Waals surface area contributed by atoms with Gasteiger partial charge in [-0.15, -0.1) is 0 Å². The summed E-state index contributed by atoms with van der Waals surface area (Å²) in [6, 6.07) is 16.9. The molecule has 0 N–H and O–H groups in total. The van der Waals surface area contributed by atoms with Gasteiger partial charge in [0, 0.05) is 31.7 Å². The monoisotopic (exact) mass is 525 g/mol. The SMILES string of the molecule is Cc1cc(C)c(C(=O)N2CCN(c3ccc(F)cn3)C(=O)C2)cc1CC1CCN(c2ccccc2C#N)CC1. The molecule has 0 bridgehead atoms. The predicted molar refractivity (Wildman–Crippen MR) is 148 cm³/mol. The van der Waals surface area contributed by atoms with Crippen LogP contribution in [-0.2, 0) is 11.2 Å². The van der Waals surface area contributed by atoms with Crippen LogP contribution in [0.4, 0.5) is 15.9 Å². The van der Waals surface area contributed by atoms with Crippen molar-refractivity contribution in [1.82, 2.24) is 9.88 Å². The smallest absolute Gasteiger partial charge is 0.254 e. The molecule has 3 aromatic rings. The maximum absolute atomic E-state index is 13.5. The molecule has 0 unspecified atom stereocenters. The molecule has 200 valence electrons. The number of amides is 2. The van der Waals surface area contributed by atoms with Crippen LogP contribution in [0, 0.1) is 36.9 Å². The Kier molecular flexibility index (Phi) is 7.60. The molecular formula is C31H32FN5O2. The van der Waals surface area contributed by atoms with Gasteiger partial charge >= 0.3 is 0 Å². The number of piperidine rings is 1. The molecule has 2 aliphatic rings. The lowest BCUT2D eigenvalue weighted by Gasteiger charge is -2.35. The Balaban J connectivity index is 1.24. The first-order chi connectivity index (χ1) is 18.8. The maximum atomic E-state index is 13.5. The van der Waals surface area contributed by atoms with Gasteiger partial charge in [0.2, 0.25) is 5.91 Å². The lowest BCUT2D eigenvalue weighted by Crippen LogP contribution is -2.52. The van der Waals surface area contributed by atoms with E-state index in [2.05, 4.69) is 28.9 Å². The Hall–Kier alpha value is -4.25. The van der Waals surface area contributed by atoms with Crippen LogP contribution in [0.2, 0.25) is 0 Å². The van der Waals surface area contributed by atoms with Crippen molar-refractivity contribution < 1.29 is 14.0 Å². The molecule has 2 saturated heterocycles. The number of aromatic nitrogens is 1. The molecule has 7 nitrogen and oxygen atoms in total. The molecule has 39 heavy (non-hydrogen) atoms. The van der Waals surface area contributed by atoms with Crippen LogP contribution in [0.3, 0.4) is 0 Å². The molecule has 0 atom stereocenters. The number of hydrogen-bond acceptors (Lipinski definition) is 5.